The molecule has 2 aromatic heterocycles. The summed E-state index contributed by atoms with van der Waals surface area (Å²) in [4.78, 5) is 12.4. The fourth-order valence-corrected chi connectivity index (χ4v) is 4.93. The maximum Gasteiger partial charge on any atom is 0.224 e. The summed E-state index contributed by atoms with van der Waals surface area (Å²) in [6.07, 6.45) is 16.5. The van der Waals surface area contributed by atoms with Gasteiger partial charge in [-0.15, -0.1) is 0 Å². The van der Waals surface area contributed by atoms with Gasteiger partial charge in [0.15, 0.2) is 17.7 Å². The predicted molar refractivity (Wildman–Crippen MR) is 141 cm³/mol. The van der Waals surface area contributed by atoms with Crippen molar-refractivity contribution in [1.29, 1.82) is 0 Å². The largest absolute Gasteiger partial charge is 0.394 e. The SMILES string of the molecule is CCCCCCCCCCCCCCCCO[C@H]1C(n2cnc3c(N)nc(N)nc32)O[C@H](CO)[C@H]1O. The summed E-state index contributed by atoms with van der Waals surface area (Å²) in [5.74, 6) is 0.201. The van der Waals surface area contributed by atoms with Crippen molar-refractivity contribution < 1.29 is 19.7 Å². The van der Waals surface area contributed by atoms with E-state index in [-0.39, 0.29) is 18.4 Å². The lowest BCUT2D eigenvalue weighted by atomic mass is 10.0. The summed E-state index contributed by atoms with van der Waals surface area (Å²) in [7, 11) is 0. The molecule has 1 aliphatic rings. The van der Waals surface area contributed by atoms with Crippen LogP contribution in [0.25, 0.3) is 11.2 Å². The molecule has 0 aromatic carbocycles. The van der Waals surface area contributed by atoms with Gasteiger partial charge in [0.1, 0.15) is 23.8 Å². The van der Waals surface area contributed by atoms with E-state index < -0.39 is 24.5 Å². The van der Waals surface area contributed by atoms with E-state index in [0.29, 0.717) is 17.8 Å². The smallest absolute Gasteiger partial charge is 0.224 e. The Morgan fingerprint density at radius 3 is 2.08 bits per heavy atom. The highest BCUT2D eigenvalue weighted by Gasteiger charge is 2.45. The van der Waals surface area contributed by atoms with Gasteiger partial charge in [-0.25, -0.2) is 4.98 Å². The third-order valence-corrected chi connectivity index (χ3v) is 7.04. The third-order valence-electron chi connectivity index (χ3n) is 7.04. The molecule has 0 radical (unpaired) electrons. The van der Waals surface area contributed by atoms with E-state index in [0.717, 1.165) is 12.8 Å². The molecule has 0 bridgehead atoms. The fourth-order valence-electron chi connectivity index (χ4n) is 4.93. The molecule has 0 aliphatic carbocycles. The minimum atomic E-state index is -0.972. The second-order valence-corrected chi connectivity index (χ2v) is 9.96. The Morgan fingerprint density at radius 2 is 1.50 bits per heavy atom. The molecule has 3 rings (SSSR count). The van der Waals surface area contributed by atoms with Crippen molar-refractivity contribution in [1.82, 2.24) is 19.5 Å². The normalized spacial score (nSPS) is 22.1. The van der Waals surface area contributed by atoms with E-state index in [4.69, 9.17) is 20.9 Å². The first-order valence-corrected chi connectivity index (χ1v) is 13.9. The molecular formula is C26H46N6O4. The average Bonchev–Trinajstić information content (AvgIpc) is 3.42. The van der Waals surface area contributed by atoms with Crippen LogP contribution in [-0.4, -0.2) is 61.3 Å². The van der Waals surface area contributed by atoms with Crippen molar-refractivity contribution in [2.24, 2.45) is 0 Å². The van der Waals surface area contributed by atoms with Crippen molar-refractivity contribution in [2.45, 2.75) is 121 Å². The zero-order valence-electron chi connectivity index (χ0n) is 21.9. The molecule has 204 valence electrons. The summed E-state index contributed by atoms with van der Waals surface area (Å²) in [5, 5.41) is 20.3. The van der Waals surface area contributed by atoms with Gasteiger partial charge in [-0.1, -0.05) is 90.4 Å². The predicted octanol–water partition coefficient (Wildman–Crippen LogP) is 4.11. The van der Waals surface area contributed by atoms with Crippen LogP contribution in [0.5, 0.6) is 0 Å². The van der Waals surface area contributed by atoms with Crippen LogP contribution in [-0.2, 0) is 9.47 Å². The molecule has 4 atom stereocenters. The van der Waals surface area contributed by atoms with Crippen LogP contribution in [0.15, 0.2) is 6.33 Å². The fraction of sp³-hybridized carbons (Fsp3) is 0.808. The Morgan fingerprint density at radius 1 is 0.917 bits per heavy atom. The van der Waals surface area contributed by atoms with Gasteiger partial charge in [0, 0.05) is 6.61 Å². The zero-order chi connectivity index (χ0) is 25.8. The maximum atomic E-state index is 10.7. The van der Waals surface area contributed by atoms with Gasteiger partial charge in [-0.05, 0) is 6.42 Å². The highest BCUT2D eigenvalue weighted by atomic mass is 16.6. The van der Waals surface area contributed by atoms with Crippen molar-refractivity contribution in [3.05, 3.63) is 6.33 Å². The molecule has 10 nitrogen and oxygen atoms in total. The minimum absolute atomic E-state index is 0.0267. The number of anilines is 2. The highest BCUT2D eigenvalue weighted by molar-refractivity contribution is 5.82. The van der Waals surface area contributed by atoms with Gasteiger partial charge in [-0.3, -0.25) is 4.57 Å². The Kier molecular flexibility index (Phi) is 12.1. The first-order chi connectivity index (χ1) is 17.6. The summed E-state index contributed by atoms with van der Waals surface area (Å²) < 4.78 is 13.6. The average molecular weight is 507 g/mol. The molecule has 3 heterocycles. The molecule has 6 N–H and O–H groups in total. The van der Waals surface area contributed by atoms with Crippen molar-refractivity contribution in [3.63, 3.8) is 0 Å². The van der Waals surface area contributed by atoms with Crippen LogP contribution in [0, 0.1) is 0 Å². The van der Waals surface area contributed by atoms with E-state index >= 15 is 0 Å². The van der Waals surface area contributed by atoms with Gasteiger partial charge < -0.3 is 31.2 Å². The number of aliphatic hydroxyl groups is 2. The number of hydrogen-bond donors (Lipinski definition) is 4. The Hall–Kier alpha value is -2.01. The molecule has 0 spiro atoms. The van der Waals surface area contributed by atoms with Gasteiger partial charge in [0.05, 0.1) is 12.9 Å². The second kappa shape index (κ2) is 15.3. The molecular weight excluding hydrogens is 460 g/mol. The van der Waals surface area contributed by atoms with Gasteiger partial charge in [-0.2, -0.15) is 9.97 Å². The van der Waals surface area contributed by atoms with Crippen LogP contribution in [0.2, 0.25) is 0 Å². The number of fused-ring (bicyclic) bond motifs is 1. The van der Waals surface area contributed by atoms with E-state index in [1.54, 1.807) is 4.57 Å². The standard InChI is InChI=1S/C26H46N6O4/c1-2-3-4-5-6-7-8-9-10-11-12-13-14-15-16-35-22-21(34)19(17-33)36-25(22)32-18-29-20-23(27)30-26(28)31-24(20)32/h18-19,21-22,25,33-34H,2-17H2,1H3,(H4,27,28,30,31)/t19-,21-,22-,25?/m1/s1. The lowest BCUT2D eigenvalue weighted by Crippen LogP contribution is -2.35. The van der Waals surface area contributed by atoms with Crippen molar-refractivity contribution >= 4 is 22.9 Å². The topological polar surface area (TPSA) is 155 Å². The molecule has 1 fully saturated rings. The van der Waals surface area contributed by atoms with Crippen LogP contribution in [0.4, 0.5) is 11.8 Å². The number of imidazole rings is 1. The number of nitrogens with zero attached hydrogens (tertiary/aromatic N) is 4. The Labute approximate surface area is 214 Å². The third kappa shape index (κ3) is 7.99. The van der Waals surface area contributed by atoms with Crippen LogP contribution >= 0.6 is 0 Å². The van der Waals surface area contributed by atoms with E-state index in [2.05, 4.69) is 21.9 Å². The van der Waals surface area contributed by atoms with Gasteiger partial charge in [0.2, 0.25) is 5.95 Å². The first-order valence-electron chi connectivity index (χ1n) is 13.9. The number of aromatic nitrogens is 4. The zero-order valence-corrected chi connectivity index (χ0v) is 21.9. The van der Waals surface area contributed by atoms with E-state index in [1.165, 1.54) is 83.4 Å². The number of aliphatic hydroxyl groups excluding tert-OH is 2. The molecule has 0 amide bonds. The number of nitrogen functional groups attached to an aromatic ring is 2. The number of unbranched alkanes of at least 4 members (excludes halogenated alkanes) is 13. The first kappa shape index (κ1) is 28.6. The molecule has 0 saturated carbocycles. The van der Waals surface area contributed by atoms with Gasteiger partial charge >= 0.3 is 0 Å². The monoisotopic (exact) mass is 506 g/mol. The maximum absolute atomic E-state index is 10.7. The number of hydrogen-bond acceptors (Lipinski definition) is 9. The van der Waals surface area contributed by atoms with Crippen molar-refractivity contribution in [3.8, 4) is 0 Å². The lowest BCUT2D eigenvalue weighted by molar-refractivity contribution is -0.0711. The molecule has 10 heteroatoms. The molecule has 2 aromatic rings. The summed E-state index contributed by atoms with van der Waals surface area (Å²) in [6.45, 7) is 2.45. The Balaban J connectivity index is 1.35. The van der Waals surface area contributed by atoms with E-state index in [1.807, 2.05) is 0 Å². The van der Waals surface area contributed by atoms with Crippen LogP contribution in [0.1, 0.15) is 103 Å². The number of ether oxygens (including phenoxy) is 2. The van der Waals surface area contributed by atoms with Crippen LogP contribution < -0.4 is 11.5 Å². The van der Waals surface area contributed by atoms with Gasteiger partial charge in [0.25, 0.3) is 0 Å². The summed E-state index contributed by atoms with van der Waals surface area (Å²) >= 11 is 0. The van der Waals surface area contributed by atoms with E-state index in [9.17, 15) is 10.2 Å². The lowest BCUT2D eigenvalue weighted by Gasteiger charge is -2.22. The minimum Gasteiger partial charge on any atom is -0.394 e. The number of nitrogens with two attached hydrogens (primary N) is 2. The van der Waals surface area contributed by atoms with Crippen molar-refractivity contribution in [2.75, 3.05) is 24.7 Å². The van der Waals surface area contributed by atoms with Crippen LogP contribution in [0.3, 0.4) is 0 Å². The molecule has 1 aliphatic heterocycles. The highest BCUT2D eigenvalue weighted by Crippen LogP contribution is 2.34. The Bertz CT molecular complexity index is 895. The second-order valence-electron chi connectivity index (χ2n) is 9.96. The quantitative estimate of drug-likeness (QED) is 0.219. The summed E-state index contributed by atoms with van der Waals surface area (Å²) in [5.41, 5.74) is 12.5. The molecule has 1 saturated heterocycles. The molecule has 1 unspecified atom stereocenters. The molecule has 36 heavy (non-hydrogen) atoms. The summed E-state index contributed by atoms with van der Waals surface area (Å²) in [6, 6.07) is 0. The number of rotatable bonds is 18.